The van der Waals surface area contributed by atoms with Crippen LogP contribution in [0.5, 0.6) is 0 Å². The molecule has 0 radical (unpaired) electrons. The highest BCUT2D eigenvalue weighted by Gasteiger charge is 2.35. The van der Waals surface area contributed by atoms with Crippen molar-refractivity contribution in [1.82, 2.24) is 4.90 Å². The lowest BCUT2D eigenvalue weighted by atomic mass is 10.0. The van der Waals surface area contributed by atoms with Gasteiger partial charge in [-0.1, -0.05) is 42.8 Å². The summed E-state index contributed by atoms with van der Waals surface area (Å²) < 4.78 is 0. The fourth-order valence-electron chi connectivity index (χ4n) is 3.40. The van der Waals surface area contributed by atoms with Crippen molar-refractivity contribution in [2.75, 3.05) is 18.0 Å². The van der Waals surface area contributed by atoms with E-state index in [2.05, 4.69) is 13.0 Å². The Morgan fingerprint density at radius 2 is 1.88 bits per heavy atom. The van der Waals surface area contributed by atoms with Crippen LogP contribution in [0.25, 0.3) is 0 Å². The van der Waals surface area contributed by atoms with E-state index in [-0.39, 0.29) is 11.8 Å². The van der Waals surface area contributed by atoms with Crippen molar-refractivity contribution in [1.29, 1.82) is 0 Å². The van der Waals surface area contributed by atoms with Crippen LogP contribution in [0.3, 0.4) is 0 Å². The molecule has 1 aliphatic rings. The largest absolute Gasteiger partial charge is 0.325 e. The van der Waals surface area contributed by atoms with Gasteiger partial charge in [-0.15, -0.1) is 0 Å². The molecule has 0 spiro atoms. The predicted molar refractivity (Wildman–Crippen MR) is 99.9 cm³/mol. The molecule has 1 saturated heterocycles. The fourth-order valence-corrected chi connectivity index (χ4v) is 3.40. The molecule has 0 saturated carbocycles. The number of piperazine rings is 1. The van der Waals surface area contributed by atoms with Crippen molar-refractivity contribution in [3.63, 3.8) is 0 Å². The number of benzene rings is 2. The second-order valence-electron chi connectivity index (χ2n) is 6.52. The van der Waals surface area contributed by atoms with Gasteiger partial charge in [0.1, 0.15) is 6.04 Å². The van der Waals surface area contributed by atoms with Crippen molar-refractivity contribution in [3.8, 4) is 0 Å². The van der Waals surface area contributed by atoms with Crippen LogP contribution in [0.2, 0.25) is 0 Å². The molecule has 0 bridgehead atoms. The summed E-state index contributed by atoms with van der Waals surface area (Å²) in [6, 6.07) is 15.0. The number of rotatable bonds is 3. The van der Waals surface area contributed by atoms with Crippen molar-refractivity contribution in [3.05, 3.63) is 65.2 Å². The molecular weight excluding hydrogens is 312 g/mol. The Balaban J connectivity index is 1.83. The Labute approximate surface area is 149 Å². The van der Waals surface area contributed by atoms with E-state index in [4.69, 9.17) is 0 Å². The molecule has 25 heavy (non-hydrogen) atoms. The van der Waals surface area contributed by atoms with E-state index in [9.17, 15) is 9.59 Å². The molecule has 0 unspecified atom stereocenters. The number of hydrogen-bond donors (Lipinski definition) is 0. The molecule has 1 atom stereocenters. The molecule has 2 amide bonds. The Kier molecular flexibility index (Phi) is 4.88. The van der Waals surface area contributed by atoms with Crippen LogP contribution in [0.15, 0.2) is 48.5 Å². The normalized spacial score (nSPS) is 17.7. The van der Waals surface area contributed by atoms with Crippen molar-refractivity contribution in [2.24, 2.45) is 0 Å². The van der Waals surface area contributed by atoms with Crippen molar-refractivity contribution < 1.29 is 9.59 Å². The van der Waals surface area contributed by atoms with Crippen LogP contribution in [-0.4, -0.2) is 35.8 Å². The molecule has 1 aliphatic heterocycles. The molecule has 4 nitrogen and oxygen atoms in total. The van der Waals surface area contributed by atoms with E-state index in [1.165, 1.54) is 0 Å². The average molecular weight is 336 g/mol. The maximum absolute atomic E-state index is 12.9. The lowest BCUT2D eigenvalue weighted by Crippen LogP contribution is -2.58. The molecule has 2 aromatic rings. The first kappa shape index (κ1) is 17.2. The first-order valence-electron chi connectivity index (χ1n) is 8.80. The van der Waals surface area contributed by atoms with Crippen LogP contribution in [-0.2, 0) is 11.2 Å². The number of hydrogen-bond acceptors (Lipinski definition) is 2. The highest BCUT2D eigenvalue weighted by molar-refractivity contribution is 6.03. The van der Waals surface area contributed by atoms with Crippen molar-refractivity contribution >= 4 is 17.5 Å². The van der Waals surface area contributed by atoms with Gasteiger partial charge in [-0.05, 0) is 44.0 Å². The van der Waals surface area contributed by atoms with E-state index >= 15 is 0 Å². The Hall–Kier alpha value is -2.62. The second-order valence-corrected chi connectivity index (χ2v) is 6.52. The first-order chi connectivity index (χ1) is 12.0. The third-order valence-corrected chi connectivity index (χ3v) is 4.84. The summed E-state index contributed by atoms with van der Waals surface area (Å²) in [4.78, 5) is 29.3. The maximum atomic E-state index is 12.9. The third-order valence-electron chi connectivity index (χ3n) is 4.84. The molecule has 1 heterocycles. The molecular formula is C21H24N2O2. The third kappa shape index (κ3) is 3.29. The van der Waals surface area contributed by atoms with E-state index < -0.39 is 6.04 Å². The molecule has 0 N–H and O–H groups in total. The van der Waals surface area contributed by atoms with Crippen LogP contribution in [0, 0.1) is 6.92 Å². The number of para-hydroxylation sites is 1. The van der Waals surface area contributed by atoms with Gasteiger partial charge in [0.25, 0.3) is 5.91 Å². The van der Waals surface area contributed by atoms with Crippen LogP contribution in [0.4, 0.5) is 5.69 Å². The van der Waals surface area contributed by atoms with Gasteiger partial charge in [-0.25, -0.2) is 0 Å². The van der Waals surface area contributed by atoms with E-state index in [0.717, 1.165) is 23.2 Å². The average Bonchev–Trinajstić information content (AvgIpc) is 2.63. The molecule has 0 aliphatic carbocycles. The number of amides is 2. The van der Waals surface area contributed by atoms with Crippen molar-refractivity contribution in [2.45, 2.75) is 33.2 Å². The molecule has 1 fully saturated rings. The zero-order valence-electron chi connectivity index (χ0n) is 15.0. The highest BCUT2D eigenvalue weighted by Crippen LogP contribution is 2.25. The molecule has 130 valence electrons. The topological polar surface area (TPSA) is 40.6 Å². The minimum Gasteiger partial charge on any atom is -0.325 e. The summed E-state index contributed by atoms with van der Waals surface area (Å²) >= 11 is 0. The summed E-state index contributed by atoms with van der Waals surface area (Å²) in [5, 5.41) is 0. The number of nitrogens with zero attached hydrogens (tertiary/aromatic N) is 2. The van der Waals surface area contributed by atoms with Gasteiger partial charge in [-0.3, -0.25) is 9.59 Å². The number of anilines is 1. The zero-order valence-corrected chi connectivity index (χ0v) is 15.0. The van der Waals surface area contributed by atoms with Gasteiger partial charge < -0.3 is 9.80 Å². The smallest absolute Gasteiger partial charge is 0.254 e. The Morgan fingerprint density at radius 1 is 1.12 bits per heavy atom. The quantitative estimate of drug-likeness (QED) is 0.861. The monoisotopic (exact) mass is 336 g/mol. The zero-order chi connectivity index (χ0) is 18.0. The van der Waals surface area contributed by atoms with Gasteiger partial charge in [-0.2, -0.15) is 0 Å². The minimum atomic E-state index is -0.466. The molecule has 2 aromatic carbocycles. The molecule has 0 aromatic heterocycles. The minimum absolute atomic E-state index is 0.0202. The van der Waals surface area contributed by atoms with Crippen LogP contribution >= 0.6 is 0 Å². The standard InChI is InChI=1S/C21H24N2O2/c1-4-17-9-5-6-11-19(17)23-13-12-22(16(3)20(23)24)21(25)18-10-7-8-15(2)14-18/h5-11,14,16H,4,12-13H2,1-3H3/t16-/m1/s1. The summed E-state index contributed by atoms with van der Waals surface area (Å²) in [7, 11) is 0. The summed E-state index contributed by atoms with van der Waals surface area (Å²) in [5.74, 6) is -0.0962. The van der Waals surface area contributed by atoms with Gasteiger partial charge >= 0.3 is 0 Å². The predicted octanol–water partition coefficient (Wildman–Crippen LogP) is 3.43. The Morgan fingerprint density at radius 3 is 2.60 bits per heavy atom. The number of carbonyl (C=O) groups is 2. The van der Waals surface area contributed by atoms with E-state index in [1.807, 2.05) is 61.2 Å². The SMILES string of the molecule is CCc1ccccc1N1CCN(C(=O)c2cccc(C)c2)[C@H](C)C1=O. The fraction of sp³-hybridized carbons (Fsp3) is 0.333. The van der Waals surface area contributed by atoms with Gasteiger partial charge in [0.15, 0.2) is 0 Å². The second kappa shape index (κ2) is 7.09. The highest BCUT2D eigenvalue weighted by atomic mass is 16.2. The number of aryl methyl sites for hydroxylation is 2. The summed E-state index contributed by atoms with van der Waals surface area (Å²) in [5.41, 5.74) is 3.80. The maximum Gasteiger partial charge on any atom is 0.254 e. The molecule has 3 rings (SSSR count). The van der Waals surface area contributed by atoms with Gasteiger partial charge in [0.05, 0.1) is 0 Å². The van der Waals surface area contributed by atoms with Gasteiger partial charge in [0.2, 0.25) is 5.91 Å². The number of carbonyl (C=O) groups excluding carboxylic acids is 2. The first-order valence-corrected chi connectivity index (χ1v) is 8.80. The lowest BCUT2D eigenvalue weighted by Gasteiger charge is -2.39. The van der Waals surface area contributed by atoms with Crippen LogP contribution < -0.4 is 4.90 Å². The van der Waals surface area contributed by atoms with Crippen LogP contribution in [0.1, 0.15) is 35.3 Å². The van der Waals surface area contributed by atoms with Gasteiger partial charge in [0, 0.05) is 24.3 Å². The summed E-state index contributed by atoms with van der Waals surface area (Å²) in [6.45, 7) is 6.93. The molecule has 4 heteroatoms. The van der Waals surface area contributed by atoms with E-state index in [0.29, 0.717) is 18.7 Å². The Bertz CT molecular complexity index is 800. The van der Waals surface area contributed by atoms with E-state index in [1.54, 1.807) is 4.90 Å². The summed E-state index contributed by atoms with van der Waals surface area (Å²) in [6.07, 6.45) is 0.875. The lowest BCUT2D eigenvalue weighted by molar-refractivity contribution is -0.124.